The van der Waals surface area contributed by atoms with Crippen LogP contribution in [0, 0.1) is 6.92 Å². The first-order valence-corrected chi connectivity index (χ1v) is 13.3. The van der Waals surface area contributed by atoms with E-state index in [0.717, 1.165) is 23.6 Å². The summed E-state index contributed by atoms with van der Waals surface area (Å²) in [6.45, 7) is 2.55. The number of hydrogen-bond acceptors (Lipinski definition) is 5. The van der Waals surface area contributed by atoms with Gasteiger partial charge >= 0.3 is 0 Å². The molecule has 8 nitrogen and oxygen atoms in total. The largest absolute Gasteiger partial charge is 0.322 e. The average molecular weight is 500 g/mol. The topological polar surface area (TPSA) is 104 Å². The minimum atomic E-state index is -3.74. The second-order valence-corrected chi connectivity index (χ2v) is 12.3. The summed E-state index contributed by atoms with van der Waals surface area (Å²) in [7, 11) is -4.60. The van der Waals surface area contributed by atoms with Crippen molar-refractivity contribution in [1.29, 1.82) is 0 Å². The average Bonchev–Trinajstić information content (AvgIpc) is 2.75. The Balaban J connectivity index is 1.92. The third-order valence-electron chi connectivity index (χ3n) is 5.34. The van der Waals surface area contributed by atoms with E-state index in [1.54, 1.807) is 19.1 Å². The van der Waals surface area contributed by atoms with Gasteiger partial charge in [0.1, 0.15) is 0 Å². The molecule has 0 saturated carbocycles. The maximum absolute atomic E-state index is 13.0. The van der Waals surface area contributed by atoms with Crippen LogP contribution in [0.2, 0.25) is 5.02 Å². The van der Waals surface area contributed by atoms with Crippen LogP contribution in [0.25, 0.3) is 0 Å². The third kappa shape index (κ3) is 4.99. The van der Waals surface area contributed by atoms with Gasteiger partial charge in [0.2, 0.25) is 20.0 Å². The van der Waals surface area contributed by atoms with Gasteiger partial charge in [0.15, 0.2) is 0 Å². The number of carbonyl (C=O) groups is 1. The van der Waals surface area contributed by atoms with Crippen molar-refractivity contribution < 1.29 is 21.6 Å². The molecule has 0 unspecified atom stereocenters. The van der Waals surface area contributed by atoms with Gasteiger partial charge in [0, 0.05) is 32.9 Å². The summed E-state index contributed by atoms with van der Waals surface area (Å²) < 4.78 is 53.5. The monoisotopic (exact) mass is 499 g/mol. The number of nitrogens with one attached hydrogen (secondary N) is 1. The van der Waals surface area contributed by atoms with Crippen LogP contribution in [0.15, 0.2) is 46.2 Å². The van der Waals surface area contributed by atoms with Gasteiger partial charge in [0.05, 0.1) is 20.4 Å². The van der Waals surface area contributed by atoms with Crippen LogP contribution in [-0.2, 0) is 20.0 Å². The Morgan fingerprint density at radius 1 is 1.00 bits per heavy atom. The van der Waals surface area contributed by atoms with Crippen LogP contribution in [-0.4, -0.2) is 58.5 Å². The molecule has 0 aromatic heterocycles. The predicted molar refractivity (Wildman–Crippen MR) is 124 cm³/mol. The number of rotatable bonds is 6. The van der Waals surface area contributed by atoms with Gasteiger partial charge in [-0.3, -0.25) is 4.79 Å². The molecular weight excluding hydrogens is 474 g/mol. The molecule has 1 fully saturated rings. The standard InChI is InChI=1S/C21H26ClN3O5S2/c1-15-7-8-16(13-20(15)32(29,30)24(2)3)23-21(26)18-14-17(9-10-19(18)22)31(27,28)25-11-5-4-6-12-25/h7-10,13-14H,4-6,11-12H2,1-3H3,(H,23,26). The van der Waals surface area contributed by atoms with Gasteiger partial charge in [-0.2, -0.15) is 4.31 Å². The van der Waals surface area contributed by atoms with Gasteiger partial charge < -0.3 is 5.32 Å². The van der Waals surface area contributed by atoms with Gasteiger partial charge in [-0.15, -0.1) is 0 Å². The molecular formula is C21H26ClN3O5S2. The van der Waals surface area contributed by atoms with E-state index in [9.17, 15) is 21.6 Å². The fourth-order valence-corrected chi connectivity index (χ4v) is 6.34. The Labute approximate surface area is 194 Å². The molecule has 1 N–H and O–H groups in total. The lowest BCUT2D eigenvalue weighted by molar-refractivity contribution is 0.102. The molecule has 174 valence electrons. The number of aryl methyl sites for hydroxylation is 1. The van der Waals surface area contributed by atoms with Gasteiger partial charge in [-0.05, 0) is 55.7 Å². The fraction of sp³-hybridized carbons (Fsp3) is 0.381. The summed E-state index contributed by atoms with van der Waals surface area (Å²) in [4.78, 5) is 13.0. The van der Waals surface area contributed by atoms with Gasteiger partial charge in [-0.25, -0.2) is 21.1 Å². The van der Waals surface area contributed by atoms with Crippen LogP contribution in [0.1, 0.15) is 35.2 Å². The molecule has 0 radical (unpaired) electrons. The van der Waals surface area contributed by atoms with E-state index in [1.165, 1.54) is 42.7 Å². The van der Waals surface area contributed by atoms with Crippen LogP contribution >= 0.6 is 11.6 Å². The maximum atomic E-state index is 13.0. The highest BCUT2D eigenvalue weighted by Crippen LogP contribution is 2.27. The summed E-state index contributed by atoms with van der Waals surface area (Å²) in [6, 6.07) is 8.55. The molecule has 0 aliphatic carbocycles. The van der Waals surface area contributed by atoms with Crippen LogP contribution in [0.4, 0.5) is 5.69 Å². The number of sulfonamides is 2. The number of halogens is 1. The van der Waals surface area contributed by atoms with Crippen molar-refractivity contribution in [2.45, 2.75) is 36.0 Å². The summed E-state index contributed by atoms with van der Waals surface area (Å²) >= 11 is 6.19. The highest BCUT2D eigenvalue weighted by Gasteiger charge is 2.27. The van der Waals surface area contributed by atoms with E-state index >= 15 is 0 Å². The van der Waals surface area contributed by atoms with Gasteiger partial charge in [0.25, 0.3) is 5.91 Å². The number of piperidine rings is 1. The van der Waals surface area contributed by atoms with Crippen LogP contribution in [0.5, 0.6) is 0 Å². The molecule has 1 aliphatic heterocycles. The van der Waals surface area contributed by atoms with Crippen molar-refractivity contribution in [3.63, 3.8) is 0 Å². The summed E-state index contributed by atoms with van der Waals surface area (Å²) in [6.07, 6.45) is 2.58. The Hall–Kier alpha value is -1.98. The quantitative estimate of drug-likeness (QED) is 0.656. The number of nitrogens with zero attached hydrogens (tertiary/aromatic N) is 2. The molecule has 0 bridgehead atoms. The second kappa shape index (κ2) is 9.48. The minimum absolute atomic E-state index is 0.00580. The van der Waals surface area contributed by atoms with E-state index in [4.69, 9.17) is 11.6 Å². The highest BCUT2D eigenvalue weighted by atomic mass is 35.5. The second-order valence-electron chi connectivity index (χ2n) is 7.83. The number of hydrogen-bond donors (Lipinski definition) is 1. The first-order chi connectivity index (χ1) is 14.9. The fourth-order valence-electron chi connectivity index (χ4n) is 3.44. The third-order valence-corrected chi connectivity index (χ3v) is 9.52. The molecule has 3 rings (SSSR count). The highest BCUT2D eigenvalue weighted by molar-refractivity contribution is 7.89. The normalized spacial score (nSPS) is 15.7. The van der Waals surface area contributed by atoms with Crippen molar-refractivity contribution >= 4 is 43.2 Å². The van der Waals surface area contributed by atoms with E-state index in [2.05, 4.69) is 5.32 Å². The smallest absolute Gasteiger partial charge is 0.257 e. The van der Waals surface area contributed by atoms with Crippen molar-refractivity contribution in [2.75, 3.05) is 32.5 Å². The van der Waals surface area contributed by atoms with Crippen molar-refractivity contribution in [3.05, 3.63) is 52.5 Å². The first-order valence-electron chi connectivity index (χ1n) is 10.1. The number of benzene rings is 2. The van der Waals surface area contributed by atoms with Crippen molar-refractivity contribution in [2.24, 2.45) is 0 Å². The first kappa shape index (κ1) is 24.7. The molecule has 2 aromatic rings. The Morgan fingerprint density at radius 3 is 2.28 bits per heavy atom. The summed E-state index contributed by atoms with van der Waals surface area (Å²) in [5.41, 5.74) is 0.771. The van der Waals surface area contributed by atoms with E-state index < -0.39 is 26.0 Å². The summed E-state index contributed by atoms with van der Waals surface area (Å²) in [5, 5.41) is 2.71. The lowest BCUT2D eigenvalue weighted by Crippen LogP contribution is -2.35. The van der Waals surface area contributed by atoms with E-state index in [0.29, 0.717) is 18.7 Å². The molecule has 1 aliphatic rings. The molecule has 0 atom stereocenters. The van der Waals surface area contributed by atoms with Crippen molar-refractivity contribution in [1.82, 2.24) is 8.61 Å². The van der Waals surface area contributed by atoms with Crippen molar-refractivity contribution in [3.8, 4) is 0 Å². The molecule has 1 saturated heterocycles. The molecule has 1 amide bonds. The molecule has 11 heteroatoms. The zero-order chi connectivity index (χ0) is 23.7. The lowest BCUT2D eigenvalue weighted by Gasteiger charge is -2.26. The lowest BCUT2D eigenvalue weighted by atomic mass is 10.2. The molecule has 0 spiro atoms. The SMILES string of the molecule is Cc1ccc(NC(=O)c2cc(S(=O)(=O)N3CCCCC3)ccc2Cl)cc1S(=O)(=O)N(C)C. The van der Waals surface area contributed by atoms with Crippen LogP contribution < -0.4 is 5.32 Å². The number of amides is 1. The maximum Gasteiger partial charge on any atom is 0.257 e. The molecule has 2 aromatic carbocycles. The van der Waals surface area contributed by atoms with Gasteiger partial charge in [-0.1, -0.05) is 24.1 Å². The summed E-state index contributed by atoms with van der Waals surface area (Å²) in [5.74, 6) is -0.636. The Bertz CT molecular complexity index is 1240. The zero-order valence-electron chi connectivity index (χ0n) is 18.1. The molecule has 1 heterocycles. The minimum Gasteiger partial charge on any atom is -0.322 e. The Morgan fingerprint density at radius 2 is 1.66 bits per heavy atom. The number of carbonyl (C=O) groups excluding carboxylic acids is 1. The Kier molecular flexibility index (Phi) is 7.31. The van der Waals surface area contributed by atoms with E-state index in [1.807, 2.05) is 0 Å². The number of anilines is 1. The predicted octanol–water partition coefficient (Wildman–Crippen LogP) is 3.33. The van der Waals surface area contributed by atoms with Crippen LogP contribution in [0.3, 0.4) is 0 Å². The zero-order valence-corrected chi connectivity index (χ0v) is 20.5. The molecule has 32 heavy (non-hydrogen) atoms. The van der Waals surface area contributed by atoms with E-state index in [-0.39, 0.29) is 26.1 Å².